The van der Waals surface area contributed by atoms with E-state index in [9.17, 15) is 24.4 Å². The number of carbonyl (C=O) groups is 1. The van der Waals surface area contributed by atoms with Crippen LogP contribution in [0.4, 0.5) is 0 Å². The van der Waals surface area contributed by atoms with E-state index in [1.54, 1.807) is 24.3 Å². The maximum atomic E-state index is 12.8. The number of rotatable bonds is 8. The Morgan fingerprint density at radius 3 is 2.55 bits per heavy atom. The van der Waals surface area contributed by atoms with Gasteiger partial charge in [0.05, 0.1) is 22.2 Å². The van der Waals surface area contributed by atoms with Gasteiger partial charge < -0.3 is 9.79 Å². The minimum atomic E-state index is -4.61. The van der Waals surface area contributed by atoms with E-state index in [2.05, 4.69) is 10.1 Å². The van der Waals surface area contributed by atoms with Gasteiger partial charge in [-0.2, -0.15) is 5.10 Å². The van der Waals surface area contributed by atoms with Crippen LogP contribution in [0.1, 0.15) is 33.6 Å². The first-order valence-electron chi connectivity index (χ1n) is 9.08. The van der Waals surface area contributed by atoms with E-state index in [1.165, 1.54) is 35.5 Å². The van der Waals surface area contributed by atoms with Crippen molar-refractivity contribution in [3.8, 4) is 0 Å². The largest absolute Gasteiger partial charge is 0.333 e. The lowest BCUT2D eigenvalue weighted by Gasteiger charge is -2.22. The summed E-state index contributed by atoms with van der Waals surface area (Å²) in [6.45, 7) is -0.0450. The lowest BCUT2D eigenvalue weighted by molar-refractivity contribution is -0.0589. The third kappa shape index (κ3) is 5.92. The van der Waals surface area contributed by atoms with Gasteiger partial charge in [-0.05, 0) is 35.7 Å². The zero-order chi connectivity index (χ0) is 22.6. The van der Waals surface area contributed by atoms with Gasteiger partial charge in [0.15, 0.2) is 0 Å². The van der Waals surface area contributed by atoms with Crippen LogP contribution in [0.5, 0.6) is 0 Å². The van der Waals surface area contributed by atoms with Gasteiger partial charge in [-0.3, -0.25) is 14.6 Å². The first kappa shape index (κ1) is 23.4. The highest BCUT2D eigenvalue weighted by Crippen LogP contribution is 2.54. The van der Waals surface area contributed by atoms with Crippen LogP contribution in [0.3, 0.4) is 0 Å². The van der Waals surface area contributed by atoms with Crippen LogP contribution in [-0.4, -0.2) is 47.3 Å². The Hall–Kier alpha value is -2.26. The summed E-state index contributed by atoms with van der Waals surface area (Å²) in [6, 6.07) is 10.9. The Kier molecular flexibility index (Phi) is 7.48. The van der Waals surface area contributed by atoms with Crippen LogP contribution in [0.15, 0.2) is 55.1 Å². The van der Waals surface area contributed by atoms with Crippen molar-refractivity contribution in [1.29, 1.82) is 0 Å². The number of hydroxylamine groups is 2. The fraction of sp³-hybridized carbons (Fsp3) is 0.211. The Morgan fingerprint density at radius 2 is 1.90 bits per heavy atom. The quantitative estimate of drug-likeness (QED) is 0.252. The van der Waals surface area contributed by atoms with Crippen LogP contribution in [0, 0.1) is 0 Å². The molecule has 1 atom stereocenters. The van der Waals surface area contributed by atoms with E-state index >= 15 is 0 Å². The Balaban J connectivity index is 1.76. The number of carbonyl (C=O) groups excluding carboxylic acids is 1. The van der Waals surface area contributed by atoms with E-state index < -0.39 is 19.2 Å². The fourth-order valence-corrected chi connectivity index (χ4v) is 4.40. The number of hydrogen-bond acceptors (Lipinski definition) is 5. The van der Waals surface area contributed by atoms with Gasteiger partial charge in [-0.15, -0.1) is 0 Å². The molecule has 3 N–H and O–H groups in total. The monoisotopic (exact) mass is 484 g/mol. The highest BCUT2D eigenvalue weighted by molar-refractivity contribution is 7.52. The van der Waals surface area contributed by atoms with Gasteiger partial charge in [0, 0.05) is 12.1 Å². The van der Waals surface area contributed by atoms with Crippen molar-refractivity contribution >= 4 is 36.7 Å². The first-order valence-corrected chi connectivity index (χ1v) is 11.5. The number of aromatic nitrogens is 3. The lowest BCUT2D eigenvalue weighted by Crippen LogP contribution is -2.30. The summed E-state index contributed by atoms with van der Waals surface area (Å²) in [5.41, 5.74) is -0.166. The number of hydrogen-bond donors (Lipinski definition) is 3. The third-order valence-corrected chi connectivity index (χ3v) is 6.74. The molecule has 0 unspecified atom stereocenters. The Morgan fingerprint density at radius 1 is 1.16 bits per heavy atom. The number of benzene rings is 2. The van der Waals surface area contributed by atoms with Gasteiger partial charge in [-0.1, -0.05) is 47.5 Å². The summed E-state index contributed by atoms with van der Waals surface area (Å²) in [6.07, 6.45) is 2.67. The number of nitrogens with zero attached hydrogens (tertiary/aromatic N) is 4. The molecule has 0 fully saturated rings. The first-order chi connectivity index (χ1) is 14.7. The molecular weight excluding hydrogens is 466 g/mol. The average molecular weight is 485 g/mol. The smallest absolute Gasteiger partial charge is 0.324 e. The van der Waals surface area contributed by atoms with Gasteiger partial charge in [0.1, 0.15) is 12.7 Å². The molecule has 31 heavy (non-hydrogen) atoms. The molecule has 12 heteroatoms. The zero-order valence-electron chi connectivity index (χ0n) is 16.0. The summed E-state index contributed by atoms with van der Waals surface area (Å²) in [4.78, 5) is 36.2. The summed E-state index contributed by atoms with van der Waals surface area (Å²) < 4.78 is 13.6. The maximum Gasteiger partial charge on any atom is 0.333 e. The van der Waals surface area contributed by atoms with Crippen molar-refractivity contribution in [2.45, 2.75) is 18.6 Å². The molecule has 1 amide bonds. The molecular formula is C19H19Cl2N4O5P. The van der Waals surface area contributed by atoms with Gasteiger partial charge in [-0.25, -0.2) is 14.7 Å². The van der Waals surface area contributed by atoms with Crippen molar-refractivity contribution in [2.75, 3.05) is 6.54 Å². The normalized spacial score (nSPS) is 12.5. The minimum absolute atomic E-state index is 0.150. The molecule has 3 aromatic rings. The Bertz CT molecular complexity index is 1110. The van der Waals surface area contributed by atoms with Crippen molar-refractivity contribution < 1.29 is 24.4 Å². The molecule has 0 spiro atoms. The summed E-state index contributed by atoms with van der Waals surface area (Å²) in [5, 5.41) is 15.2. The van der Waals surface area contributed by atoms with Crippen LogP contribution in [-0.2, 0) is 11.1 Å². The van der Waals surface area contributed by atoms with Crippen molar-refractivity contribution in [1.82, 2.24) is 19.8 Å². The highest BCUT2D eigenvalue weighted by Gasteiger charge is 2.32. The van der Waals surface area contributed by atoms with Gasteiger partial charge in [0.2, 0.25) is 0 Å². The van der Waals surface area contributed by atoms with Gasteiger partial charge >= 0.3 is 7.60 Å². The molecule has 1 aromatic heterocycles. The molecule has 164 valence electrons. The minimum Gasteiger partial charge on any atom is -0.324 e. The lowest BCUT2D eigenvalue weighted by atomic mass is 10.1. The standard InChI is InChI=1S/C19H19Cl2N4O5P/c20-16-6-5-13(9-17(16)21)18(31(28,29)30)7-8-25(27)19(26)15-4-2-1-3-14(15)10-24-12-22-11-23-24/h1-6,9,11-12,18,27H,7-8,10H2,(H2,28,29,30)/t18-/m0/s1. The van der Waals surface area contributed by atoms with E-state index in [0.717, 1.165) is 0 Å². The molecule has 0 aliphatic heterocycles. The summed E-state index contributed by atoms with van der Waals surface area (Å²) in [5.74, 6) is -0.700. The van der Waals surface area contributed by atoms with E-state index in [0.29, 0.717) is 10.6 Å². The molecule has 0 aliphatic rings. The number of amides is 1. The fourth-order valence-electron chi connectivity index (χ4n) is 3.09. The highest BCUT2D eigenvalue weighted by atomic mass is 35.5. The predicted octanol–water partition coefficient (Wildman–Crippen LogP) is 3.77. The van der Waals surface area contributed by atoms with E-state index in [1.807, 2.05) is 0 Å². The summed E-state index contributed by atoms with van der Waals surface area (Å²) in [7, 11) is -4.61. The predicted molar refractivity (Wildman–Crippen MR) is 114 cm³/mol. The topological polar surface area (TPSA) is 129 Å². The second kappa shape index (κ2) is 9.91. The second-order valence-corrected chi connectivity index (χ2v) is 9.36. The molecule has 0 bridgehead atoms. The summed E-state index contributed by atoms with van der Waals surface area (Å²) >= 11 is 11.8. The van der Waals surface area contributed by atoms with E-state index in [-0.39, 0.29) is 40.7 Å². The van der Waals surface area contributed by atoms with E-state index in [4.69, 9.17) is 23.2 Å². The zero-order valence-corrected chi connectivity index (χ0v) is 18.5. The van der Waals surface area contributed by atoms with Gasteiger partial charge in [0.25, 0.3) is 5.91 Å². The molecule has 1 heterocycles. The van der Waals surface area contributed by atoms with Crippen molar-refractivity contribution in [3.05, 3.63) is 81.9 Å². The molecule has 9 nitrogen and oxygen atoms in total. The van der Waals surface area contributed by atoms with Crippen molar-refractivity contribution in [3.63, 3.8) is 0 Å². The van der Waals surface area contributed by atoms with Crippen LogP contribution < -0.4 is 0 Å². The molecule has 2 aromatic carbocycles. The molecule has 0 radical (unpaired) electrons. The Labute approximate surface area is 188 Å². The molecule has 0 aliphatic carbocycles. The van der Waals surface area contributed by atoms with Crippen LogP contribution in [0.25, 0.3) is 0 Å². The molecule has 3 rings (SSSR count). The third-order valence-electron chi connectivity index (χ3n) is 4.63. The molecule has 0 saturated carbocycles. The van der Waals surface area contributed by atoms with Crippen LogP contribution >= 0.6 is 30.8 Å². The maximum absolute atomic E-state index is 12.8. The second-order valence-electron chi connectivity index (χ2n) is 6.75. The SMILES string of the molecule is O=C(c1ccccc1Cn1cncn1)N(O)CC[C@@H](c1ccc(Cl)c(Cl)c1)P(=O)(O)O. The average Bonchev–Trinajstić information content (AvgIpc) is 3.22. The molecule has 0 saturated heterocycles. The number of halogens is 2. The van der Waals surface area contributed by atoms with Crippen LogP contribution in [0.2, 0.25) is 10.0 Å². The van der Waals surface area contributed by atoms with Crippen molar-refractivity contribution in [2.24, 2.45) is 0 Å².